The second-order valence-electron chi connectivity index (χ2n) is 2.28. The van der Waals surface area contributed by atoms with Crippen LogP contribution in [-0.4, -0.2) is 17.3 Å². The van der Waals surface area contributed by atoms with E-state index in [0.717, 1.165) is 6.42 Å². The van der Waals surface area contributed by atoms with E-state index in [1.807, 2.05) is 6.92 Å². The van der Waals surface area contributed by atoms with Crippen molar-refractivity contribution in [3.05, 3.63) is 0 Å². The molecule has 1 N–H and O–H groups in total. The smallest absolute Gasteiger partial charge is 0.219 e. The average Bonchev–Trinajstić information content (AvgIpc) is 2.47. The van der Waals surface area contributed by atoms with Gasteiger partial charge in [-0.15, -0.1) is 11.6 Å². The van der Waals surface area contributed by atoms with Crippen LogP contribution in [0.4, 0.5) is 0 Å². The predicted octanol–water partition coefficient (Wildman–Crippen LogP) is 0.892. The number of alkyl halides is 1. The second kappa shape index (κ2) is 2.56. The van der Waals surface area contributed by atoms with Crippen molar-refractivity contribution in [2.75, 3.05) is 0 Å². The summed E-state index contributed by atoms with van der Waals surface area (Å²) in [7, 11) is 0. The highest BCUT2D eigenvalue weighted by atomic mass is 35.5. The van der Waals surface area contributed by atoms with Gasteiger partial charge in [-0.3, -0.25) is 4.79 Å². The molecule has 2 atom stereocenters. The maximum absolute atomic E-state index is 10.6. The number of hydrogen-bond acceptors (Lipinski definition) is 1. The molecule has 0 aromatic carbocycles. The first-order chi connectivity index (χ1) is 4.24. The van der Waals surface area contributed by atoms with Gasteiger partial charge in [-0.2, -0.15) is 0 Å². The Labute approximate surface area is 59.6 Å². The fourth-order valence-corrected chi connectivity index (χ4v) is 0.877. The molecular formula is C6H10ClNO. The molecule has 0 radical (unpaired) electrons. The molecule has 9 heavy (non-hydrogen) atoms. The molecule has 1 saturated carbocycles. The molecule has 1 fully saturated rings. The van der Waals surface area contributed by atoms with Crippen molar-refractivity contribution >= 4 is 17.5 Å². The van der Waals surface area contributed by atoms with E-state index >= 15 is 0 Å². The first-order valence-electron chi connectivity index (χ1n) is 3.17. The summed E-state index contributed by atoms with van der Waals surface area (Å²) < 4.78 is 0. The molecule has 1 aliphatic carbocycles. The first kappa shape index (κ1) is 6.87. The van der Waals surface area contributed by atoms with Gasteiger partial charge in [0.15, 0.2) is 0 Å². The summed E-state index contributed by atoms with van der Waals surface area (Å²) >= 11 is 5.64. The van der Waals surface area contributed by atoms with Crippen LogP contribution in [0.25, 0.3) is 0 Å². The van der Waals surface area contributed by atoms with Crippen LogP contribution < -0.4 is 5.32 Å². The lowest BCUT2D eigenvalue weighted by Crippen LogP contribution is -2.25. The SMILES string of the molecule is CCC(=O)NC1CC1Cl. The molecule has 2 nitrogen and oxygen atoms in total. The predicted molar refractivity (Wildman–Crippen MR) is 36.5 cm³/mol. The summed E-state index contributed by atoms with van der Waals surface area (Å²) in [6.45, 7) is 1.83. The molecule has 0 saturated heterocycles. The van der Waals surface area contributed by atoms with E-state index < -0.39 is 0 Å². The summed E-state index contributed by atoms with van der Waals surface area (Å²) in [4.78, 5) is 10.6. The van der Waals surface area contributed by atoms with Gasteiger partial charge in [0.1, 0.15) is 0 Å². The zero-order valence-corrected chi connectivity index (χ0v) is 6.11. The van der Waals surface area contributed by atoms with Crippen LogP contribution in [-0.2, 0) is 4.79 Å². The van der Waals surface area contributed by atoms with Gasteiger partial charge in [-0.05, 0) is 6.42 Å². The van der Waals surface area contributed by atoms with Crippen molar-refractivity contribution in [3.8, 4) is 0 Å². The van der Waals surface area contributed by atoms with Gasteiger partial charge in [0.25, 0.3) is 0 Å². The normalized spacial score (nSPS) is 31.8. The Hall–Kier alpha value is -0.240. The van der Waals surface area contributed by atoms with Gasteiger partial charge in [-0.25, -0.2) is 0 Å². The second-order valence-corrected chi connectivity index (χ2v) is 2.84. The lowest BCUT2D eigenvalue weighted by Gasteiger charge is -1.97. The molecule has 1 amide bonds. The summed E-state index contributed by atoms with van der Waals surface area (Å²) in [5.74, 6) is 0.100. The summed E-state index contributed by atoms with van der Waals surface area (Å²) in [6, 6.07) is 0.263. The van der Waals surface area contributed by atoms with Crippen molar-refractivity contribution < 1.29 is 4.79 Å². The monoisotopic (exact) mass is 147 g/mol. The number of rotatable bonds is 2. The topological polar surface area (TPSA) is 29.1 Å². The Kier molecular flexibility index (Phi) is 1.96. The molecule has 0 aliphatic heterocycles. The average molecular weight is 148 g/mol. The number of hydrogen-bond donors (Lipinski definition) is 1. The molecule has 3 heteroatoms. The number of carbonyl (C=O) groups is 1. The molecule has 1 rings (SSSR count). The third kappa shape index (κ3) is 1.86. The number of carbonyl (C=O) groups excluding carboxylic acids is 1. The van der Waals surface area contributed by atoms with Crippen LogP contribution in [0.3, 0.4) is 0 Å². The van der Waals surface area contributed by atoms with E-state index in [4.69, 9.17) is 11.6 Å². The lowest BCUT2D eigenvalue weighted by atomic mass is 10.4. The van der Waals surface area contributed by atoms with Gasteiger partial charge >= 0.3 is 0 Å². The largest absolute Gasteiger partial charge is 0.352 e. The fourth-order valence-electron chi connectivity index (χ4n) is 0.622. The summed E-state index contributed by atoms with van der Waals surface area (Å²) in [5, 5.41) is 2.98. The van der Waals surface area contributed by atoms with E-state index in [-0.39, 0.29) is 17.3 Å². The third-order valence-corrected chi connectivity index (χ3v) is 1.86. The fraction of sp³-hybridized carbons (Fsp3) is 0.833. The molecular weight excluding hydrogens is 138 g/mol. The van der Waals surface area contributed by atoms with Crippen LogP contribution >= 0.6 is 11.6 Å². The van der Waals surface area contributed by atoms with Crippen molar-refractivity contribution in [1.29, 1.82) is 0 Å². The minimum absolute atomic E-state index is 0.100. The minimum Gasteiger partial charge on any atom is -0.352 e. The zero-order valence-electron chi connectivity index (χ0n) is 5.36. The van der Waals surface area contributed by atoms with Crippen LogP contribution in [0.1, 0.15) is 19.8 Å². The van der Waals surface area contributed by atoms with Crippen molar-refractivity contribution in [2.45, 2.75) is 31.2 Å². The Balaban J connectivity index is 2.12. The van der Waals surface area contributed by atoms with Crippen molar-refractivity contribution in [2.24, 2.45) is 0 Å². The van der Waals surface area contributed by atoms with Gasteiger partial charge in [0.05, 0.1) is 5.38 Å². The summed E-state index contributed by atoms with van der Waals surface area (Å²) in [6.07, 6.45) is 1.49. The van der Waals surface area contributed by atoms with E-state index in [9.17, 15) is 4.79 Å². The van der Waals surface area contributed by atoms with Gasteiger partial charge < -0.3 is 5.32 Å². The van der Waals surface area contributed by atoms with Crippen LogP contribution in [0.5, 0.6) is 0 Å². The molecule has 0 spiro atoms. The van der Waals surface area contributed by atoms with Crippen molar-refractivity contribution in [1.82, 2.24) is 5.32 Å². The van der Waals surface area contributed by atoms with E-state index in [1.54, 1.807) is 0 Å². The highest BCUT2D eigenvalue weighted by molar-refractivity contribution is 6.23. The maximum atomic E-state index is 10.6. The van der Waals surface area contributed by atoms with E-state index in [1.165, 1.54) is 0 Å². The molecule has 2 unspecified atom stereocenters. The molecule has 0 bridgehead atoms. The summed E-state index contributed by atoms with van der Waals surface area (Å²) in [5.41, 5.74) is 0. The highest BCUT2D eigenvalue weighted by Gasteiger charge is 2.35. The standard InChI is InChI=1S/C6H10ClNO/c1-2-6(9)8-5-3-4(5)7/h4-5H,2-3H2,1H3,(H,8,9). The zero-order chi connectivity index (χ0) is 6.85. The highest BCUT2D eigenvalue weighted by Crippen LogP contribution is 2.27. The van der Waals surface area contributed by atoms with Gasteiger partial charge in [0, 0.05) is 12.5 Å². The maximum Gasteiger partial charge on any atom is 0.219 e. The van der Waals surface area contributed by atoms with Crippen molar-refractivity contribution in [3.63, 3.8) is 0 Å². The van der Waals surface area contributed by atoms with Gasteiger partial charge in [0.2, 0.25) is 5.91 Å². The van der Waals surface area contributed by atoms with Crippen LogP contribution in [0.15, 0.2) is 0 Å². The van der Waals surface area contributed by atoms with E-state index in [0.29, 0.717) is 6.42 Å². The quantitative estimate of drug-likeness (QED) is 0.578. The molecule has 1 aliphatic rings. The Morgan fingerprint density at radius 1 is 1.89 bits per heavy atom. The van der Waals surface area contributed by atoms with Crippen LogP contribution in [0.2, 0.25) is 0 Å². The van der Waals surface area contributed by atoms with E-state index in [2.05, 4.69) is 5.32 Å². The van der Waals surface area contributed by atoms with Gasteiger partial charge in [-0.1, -0.05) is 6.92 Å². The molecule has 0 heterocycles. The minimum atomic E-state index is 0.100. The Morgan fingerprint density at radius 3 is 2.78 bits per heavy atom. The number of amides is 1. The Bertz CT molecular complexity index is 126. The Morgan fingerprint density at radius 2 is 2.44 bits per heavy atom. The number of halogens is 1. The molecule has 52 valence electrons. The molecule has 0 aromatic heterocycles. The number of nitrogens with one attached hydrogen (secondary N) is 1. The third-order valence-electron chi connectivity index (χ3n) is 1.38. The van der Waals surface area contributed by atoms with Crippen LogP contribution in [0, 0.1) is 0 Å². The first-order valence-corrected chi connectivity index (χ1v) is 3.61. The lowest BCUT2D eigenvalue weighted by molar-refractivity contribution is -0.120. The molecule has 0 aromatic rings.